The van der Waals surface area contributed by atoms with Crippen LogP contribution in [-0.4, -0.2) is 13.7 Å². The van der Waals surface area contributed by atoms with Crippen molar-refractivity contribution in [1.82, 2.24) is 0 Å². The Kier molecular flexibility index (Phi) is 5.84. The van der Waals surface area contributed by atoms with Gasteiger partial charge in [-0.05, 0) is 74.0 Å². The Morgan fingerprint density at radius 1 is 0.867 bits per heavy atom. The highest BCUT2D eigenvalue weighted by Crippen LogP contribution is 2.25. The lowest BCUT2D eigenvalue weighted by atomic mass is 10.1. The van der Waals surface area contributed by atoms with E-state index in [1.807, 2.05) is 66.7 Å². The number of aryl methyl sites for hydroxylation is 1. The molecule has 4 nitrogen and oxygen atoms in total. The number of hydrogen-bond acceptors (Lipinski definition) is 4. The van der Waals surface area contributed by atoms with Crippen LogP contribution in [0.5, 0.6) is 11.5 Å². The molecule has 4 rings (SSSR count). The number of nitrogens with zero attached hydrogens (tertiary/aromatic N) is 1. The molecule has 0 amide bonds. The summed E-state index contributed by atoms with van der Waals surface area (Å²) < 4.78 is 17.1. The average Bonchev–Trinajstić information content (AvgIpc) is 2.79. The topological polar surface area (TPSA) is 44.0 Å². The molecule has 1 heterocycles. The van der Waals surface area contributed by atoms with Gasteiger partial charge in [-0.2, -0.15) is 0 Å². The van der Waals surface area contributed by atoms with Gasteiger partial charge in [-0.1, -0.05) is 18.6 Å². The number of methoxy groups -OCH3 is 1. The molecule has 0 aliphatic carbocycles. The average molecular weight is 399 g/mol. The Morgan fingerprint density at radius 3 is 2.30 bits per heavy atom. The third-order valence-electron chi connectivity index (χ3n) is 4.83. The van der Waals surface area contributed by atoms with Crippen LogP contribution in [-0.2, 0) is 0 Å². The molecular weight excluding hydrogens is 374 g/mol. The quantitative estimate of drug-likeness (QED) is 0.375. The molecule has 0 bridgehead atoms. The number of benzene rings is 3. The third kappa shape index (κ3) is 4.38. The van der Waals surface area contributed by atoms with E-state index in [1.165, 1.54) is 0 Å². The number of ether oxygens (including phenoxy) is 2. The van der Waals surface area contributed by atoms with Crippen molar-refractivity contribution in [2.75, 3.05) is 13.7 Å². The van der Waals surface area contributed by atoms with Crippen LogP contribution >= 0.6 is 0 Å². The van der Waals surface area contributed by atoms with Crippen LogP contribution in [0.3, 0.4) is 0 Å². The van der Waals surface area contributed by atoms with Gasteiger partial charge in [-0.15, -0.1) is 0 Å². The molecule has 1 aromatic heterocycles. The van der Waals surface area contributed by atoms with Gasteiger partial charge in [0.15, 0.2) is 0 Å². The normalized spacial score (nSPS) is 11.6. The Labute approximate surface area is 176 Å². The van der Waals surface area contributed by atoms with Crippen LogP contribution in [0.4, 0.5) is 5.69 Å². The van der Waals surface area contributed by atoms with E-state index < -0.39 is 0 Å². The molecule has 0 aliphatic heterocycles. The first kappa shape index (κ1) is 19.8. The summed E-state index contributed by atoms with van der Waals surface area (Å²) in [6, 6.07) is 23.8. The summed E-state index contributed by atoms with van der Waals surface area (Å²) in [5.74, 6) is 2.43. The van der Waals surface area contributed by atoms with Gasteiger partial charge in [-0.25, -0.2) is 4.99 Å². The first-order chi connectivity index (χ1) is 14.7. The van der Waals surface area contributed by atoms with Crippen LogP contribution in [0.25, 0.3) is 22.3 Å². The smallest absolute Gasteiger partial charge is 0.136 e. The SMILES string of the molecule is CCCOc1ccc(N=c2cc(-c3ccc(OC)cc3)oc3ccc(C)cc23)cc1. The Bertz CT molecular complexity index is 1210. The highest BCUT2D eigenvalue weighted by molar-refractivity contribution is 5.79. The number of fused-ring (bicyclic) bond motifs is 1. The van der Waals surface area contributed by atoms with Crippen molar-refractivity contribution < 1.29 is 13.9 Å². The summed E-state index contributed by atoms with van der Waals surface area (Å²) in [6.07, 6.45) is 0.985. The standard InChI is InChI=1S/C26H25NO3/c1-4-15-29-22-12-8-20(9-13-22)27-24-17-26(19-6-10-21(28-3)11-7-19)30-25-14-5-18(2)16-23(24)25/h5-14,16-17H,4,15H2,1-3H3. The van der Waals surface area contributed by atoms with Gasteiger partial charge >= 0.3 is 0 Å². The van der Waals surface area contributed by atoms with Crippen molar-refractivity contribution in [2.24, 2.45) is 4.99 Å². The molecule has 0 fully saturated rings. The van der Waals surface area contributed by atoms with Gasteiger partial charge in [0.2, 0.25) is 0 Å². The third-order valence-corrected chi connectivity index (χ3v) is 4.83. The molecule has 4 heteroatoms. The minimum absolute atomic E-state index is 0.714. The molecule has 3 aromatic carbocycles. The molecule has 0 saturated carbocycles. The van der Waals surface area contributed by atoms with E-state index in [1.54, 1.807) is 7.11 Å². The highest BCUT2D eigenvalue weighted by Gasteiger charge is 2.07. The summed E-state index contributed by atoms with van der Waals surface area (Å²) in [5.41, 5.74) is 3.80. The van der Waals surface area contributed by atoms with Gasteiger partial charge < -0.3 is 13.9 Å². The van der Waals surface area contributed by atoms with Gasteiger partial charge in [-0.3, -0.25) is 0 Å². The van der Waals surface area contributed by atoms with E-state index in [4.69, 9.17) is 18.9 Å². The van der Waals surface area contributed by atoms with Crippen LogP contribution in [0, 0.1) is 6.92 Å². The van der Waals surface area contributed by atoms with E-state index in [0.29, 0.717) is 6.61 Å². The zero-order chi connectivity index (χ0) is 20.9. The fourth-order valence-corrected chi connectivity index (χ4v) is 3.25. The molecule has 30 heavy (non-hydrogen) atoms. The molecule has 0 spiro atoms. The lowest BCUT2D eigenvalue weighted by Crippen LogP contribution is -2.03. The van der Waals surface area contributed by atoms with Gasteiger partial charge in [0.25, 0.3) is 0 Å². The molecule has 0 radical (unpaired) electrons. The maximum atomic E-state index is 6.20. The molecule has 0 aliphatic rings. The van der Waals surface area contributed by atoms with Gasteiger partial charge in [0, 0.05) is 17.0 Å². The van der Waals surface area contributed by atoms with Gasteiger partial charge in [0.1, 0.15) is 22.8 Å². The number of rotatable bonds is 6. The van der Waals surface area contributed by atoms with Gasteiger partial charge in [0.05, 0.1) is 24.8 Å². The summed E-state index contributed by atoms with van der Waals surface area (Å²) >= 11 is 0. The van der Waals surface area contributed by atoms with Crippen molar-refractivity contribution in [3.63, 3.8) is 0 Å². The predicted octanol–water partition coefficient (Wildman–Crippen LogP) is 6.44. The van der Waals surface area contributed by atoms with Crippen molar-refractivity contribution in [2.45, 2.75) is 20.3 Å². The fourth-order valence-electron chi connectivity index (χ4n) is 3.25. The van der Waals surface area contributed by atoms with Crippen molar-refractivity contribution >= 4 is 16.7 Å². The Morgan fingerprint density at radius 2 is 1.60 bits per heavy atom. The monoisotopic (exact) mass is 399 g/mol. The molecule has 0 unspecified atom stereocenters. The fraction of sp³-hybridized carbons (Fsp3) is 0.192. The van der Waals surface area contributed by atoms with Crippen molar-refractivity contribution in [3.05, 3.63) is 83.7 Å². The maximum absolute atomic E-state index is 6.20. The first-order valence-electron chi connectivity index (χ1n) is 10.1. The van der Waals surface area contributed by atoms with E-state index in [-0.39, 0.29) is 0 Å². The molecule has 4 aromatic rings. The summed E-state index contributed by atoms with van der Waals surface area (Å²) in [5, 5.41) is 1.85. The van der Waals surface area contributed by atoms with Crippen molar-refractivity contribution in [3.8, 4) is 22.8 Å². The first-order valence-corrected chi connectivity index (χ1v) is 10.1. The van der Waals surface area contributed by atoms with Crippen molar-refractivity contribution in [1.29, 1.82) is 0 Å². The molecule has 0 N–H and O–H groups in total. The van der Waals surface area contributed by atoms with E-state index in [0.717, 1.165) is 56.8 Å². The van der Waals surface area contributed by atoms with E-state index in [9.17, 15) is 0 Å². The lowest BCUT2D eigenvalue weighted by Gasteiger charge is -2.07. The molecule has 0 atom stereocenters. The summed E-state index contributed by atoms with van der Waals surface area (Å²) in [7, 11) is 1.66. The second-order valence-electron chi connectivity index (χ2n) is 7.18. The molecule has 152 valence electrons. The summed E-state index contributed by atoms with van der Waals surface area (Å²) in [4.78, 5) is 4.91. The van der Waals surface area contributed by atoms with Crippen LogP contribution < -0.4 is 14.8 Å². The predicted molar refractivity (Wildman–Crippen MR) is 120 cm³/mol. The van der Waals surface area contributed by atoms with E-state index in [2.05, 4.69) is 19.9 Å². The van der Waals surface area contributed by atoms with Crippen LogP contribution in [0.2, 0.25) is 0 Å². The minimum atomic E-state index is 0.714. The zero-order valence-electron chi connectivity index (χ0n) is 17.5. The summed E-state index contributed by atoms with van der Waals surface area (Å²) in [6.45, 7) is 4.88. The maximum Gasteiger partial charge on any atom is 0.136 e. The minimum Gasteiger partial charge on any atom is -0.497 e. The van der Waals surface area contributed by atoms with Crippen LogP contribution in [0.1, 0.15) is 18.9 Å². The Hall–Kier alpha value is -3.53. The Balaban J connectivity index is 1.82. The second kappa shape index (κ2) is 8.87. The largest absolute Gasteiger partial charge is 0.497 e. The molecule has 0 saturated heterocycles. The number of hydrogen-bond donors (Lipinski definition) is 0. The second-order valence-corrected chi connectivity index (χ2v) is 7.18. The zero-order valence-corrected chi connectivity index (χ0v) is 17.5. The van der Waals surface area contributed by atoms with Crippen LogP contribution in [0.15, 0.2) is 82.2 Å². The van der Waals surface area contributed by atoms with E-state index >= 15 is 0 Å². The lowest BCUT2D eigenvalue weighted by molar-refractivity contribution is 0.317. The highest BCUT2D eigenvalue weighted by atomic mass is 16.5. The molecular formula is C26H25NO3.